The Hall–Kier alpha value is -0.0231. The molecule has 0 aliphatic carbocycles. The molecule has 3 N–H and O–H groups in total. The molecule has 0 aromatic rings. The summed E-state index contributed by atoms with van der Waals surface area (Å²) in [5, 5.41) is 5.03. The number of hydrogen-bond acceptors (Lipinski definition) is 6. The van der Waals surface area contributed by atoms with Gasteiger partial charge in [0.1, 0.15) is 0 Å². The van der Waals surface area contributed by atoms with Gasteiger partial charge in [0.05, 0.1) is 6.17 Å². The Kier molecular flexibility index (Phi) is 8.97. The van der Waals surface area contributed by atoms with Gasteiger partial charge in [-0.3, -0.25) is 5.84 Å². The molecule has 17 heavy (non-hydrogen) atoms. The molecule has 0 aliphatic rings. The van der Waals surface area contributed by atoms with E-state index in [1.807, 2.05) is 6.92 Å². The SMILES string of the molecule is CCNC(C)N(N)CCC[Si](OC)(OC)OC. The number of rotatable bonds is 10. The van der Waals surface area contributed by atoms with Gasteiger partial charge in [-0.05, 0) is 19.9 Å². The molecule has 0 saturated carbocycles. The first-order valence-corrected chi connectivity index (χ1v) is 7.88. The van der Waals surface area contributed by atoms with Crippen molar-refractivity contribution in [3.05, 3.63) is 0 Å². The van der Waals surface area contributed by atoms with Crippen molar-refractivity contribution in [2.75, 3.05) is 34.4 Å². The highest BCUT2D eigenvalue weighted by Gasteiger charge is 2.37. The molecule has 1 atom stereocenters. The molecule has 0 heterocycles. The first-order valence-electron chi connectivity index (χ1n) is 5.95. The summed E-state index contributed by atoms with van der Waals surface area (Å²) in [4.78, 5) is 0. The van der Waals surface area contributed by atoms with Crippen LogP contribution in [0.25, 0.3) is 0 Å². The molecule has 0 radical (unpaired) electrons. The second kappa shape index (κ2) is 8.98. The van der Waals surface area contributed by atoms with E-state index in [0.29, 0.717) is 0 Å². The fourth-order valence-corrected chi connectivity index (χ4v) is 3.34. The molecular formula is C10H27N3O3Si. The van der Waals surface area contributed by atoms with Crippen molar-refractivity contribution in [1.82, 2.24) is 10.3 Å². The van der Waals surface area contributed by atoms with Crippen LogP contribution < -0.4 is 11.2 Å². The molecule has 0 saturated heterocycles. The first kappa shape index (κ1) is 17.0. The van der Waals surface area contributed by atoms with E-state index in [0.717, 1.165) is 25.6 Å². The Bertz CT molecular complexity index is 185. The molecular weight excluding hydrogens is 238 g/mol. The Morgan fingerprint density at radius 1 is 1.24 bits per heavy atom. The van der Waals surface area contributed by atoms with E-state index in [4.69, 9.17) is 19.1 Å². The molecule has 0 bridgehead atoms. The fourth-order valence-electron chi connectivity index (χ4n) is 1.64. The third kappa shape index (κ3) is 5.91. The molecule has 0 aromatic carbocycles. The standard InChI is InChI=1S/C10H27N3O3Si/c1-6-12-10(2)13(11)8-7-9-17(14-3,15-4)16-5/h10,12H,6-9,11H2,1-5H3. The molecule has 0 aromatic heterocycles. The number of nitrogens with two attached hydrogens (primary N) is 1. The molecule has 1 unspecified atom stereocenters. The van der Waals surface area contributed by atoms with Crippen LogP contribution in [0.5, 0.6) is 0 Å². The lowest BCUT2D eigenvalue weighted by molar-refractivity contribution is 0.118. The summed E-state index contributed by atoms with van der Waals surface area (Å²) >= 11 is 0. The highest BCUT2D eigenvalue weighted by atomic mass is 28.4. The fraction of sp³-hybridized carbons (Fsp3) is 1.00. The van der Waals surface area contributed by atoms with Crippen molar-refractivity contribution in [3.63, 3.8) is 0 Å². The van der Waals surface area contributed by atoms with E-state index < -0.39 is 8.80 Å². The smallest absolute Gasteiger partial charge is 0.377 e. The topological polar surface area (TPSA) is 69.0 Å². The molecule has 0 rings (SSSR count). The summed E-state index contributed by atoms with van der Waals surface area (Å²) in [5.41, 5.74) is 0. The van der Waals surface area contributed by atoms with Crippen molar-refractivity contribution < 1.29 is 13.3 Å². The van der Waals surface area contributed by atoms with Crippen LogP contribution in [0.1, 0.15) is 20.3 Å². The summed E-state index contributed by atoms with van der Waals surface area (Å²) < 4.78 is 16.0. The highest BCUT2D eigenvalue weighted by molar-refractivity contribution is 6.60. The largest absolute Gasteiger partial charge is 0.500 e. The lowest BCUT2D eigenvalue weighted by Crippen LogP contribution is -2.49. The van der Waals surface area contributed by atoms with Crippen LogP contribution in [-0.2, 0) is 13.3 Å². The predicted octanol–water partition coefficient (Wildman–Crippen LogP) is 0.386. The zero-order valence-electron chi connectivity index (χ0n) is 11.7. The lowest BCUT2D eigenvalue weighted by Gasteiger charge is -2.27. The molecule has 0 fully saturated rings. The molecule has 0 amide bonds. The van der Waals surface area contributed by atoms with E-state index in [1.54, 1.807) is 26.3 Å². The number of nitrogens with zero attached hydrogens (tertiary/aromatic N) is 1. The molecule has 7 heteroatoms. The molecule has 0 spiro atoms. The van der Waals surface area contributed by atoms with Gasteiger partial charge in [-0.25, -0.2) is 5.01 Å². The second-order valence-electron chi connectivity index (χ2n) is 3.87. The summed E-state index contributed by atoms with van der Waals surface area (Å²) in [6, 6.07) is 0.767. The van der Waals surface area contributed by atoms with Crippen molar-refractivity contribution in [1.29, 1.82) is 0 Å². The Labute approximate surface area is 106 Å². The van der Waals surface area contributed by atoms with Gasteiger partial charge in [-0.2, -0.15) is 0 Å². The minimum atomic E-state index is -2.44. The summed E-state index contributed by atoms with van der Waals surface area (Å²) in [6.07, 6.45) is 1.05. The van der Waals surface area contributed by atoms with Crippen LogP contribution in [0.2, 0.25) is 6.04 Å². The van der Waals surface area contributed by atoms with Crippen molar-refractivity contribution in [2.45, 2.75) is 32.5 Å². The number of hydrogen-bond donors (Lipinski definition) is 2. The average Bonchev–Trinajstić information content (AvgIpc) is 2.35. The van der Waals surface area contributed by atoms with E-state index in [1.165, 1.54) is 0 Å². The van der Waals surface area contributed by atoms with Crippen LogP contribution in [0.3, 0.4) is 0 Å². The predicted molar refractivity (Wildman–Crippen MR) is 70.2 cm³/mol. The third-order valence-electron chi connectivity index (χ3n) is 2.83. The van der Waals surface area contributed by atoms with Crippen LogP contribution >= 0.6 is 0 Å². The van der Waals surface area contributed by atoms with Gasteiger partial charge in [-0.1, -0.05) is 6.92 Å². The van der Waals surface area contributed by atoms with Crippen molar-refractivity contribution in [3.8, 4) is 0 Å². The zero-order valence-corrected chi connectivity index (χ0v) is 12.7. The normalized spacial score (nSPS) is 14.3. The van der Waals surface area contributed by atoms with Gasteiger partial charge in [0, 0.05) is 33.9 Å². The van der Waals surface area contributed by atoms with Gasteiger partial charge in [0.2, 0.25) is 0 Å². The van der Waals surface area contributed by atoms with Crippen LogP contribution in [0.4, 0.5) is 0 Å². The maximum atomic E-state index is 5.92. The van der Waals surface area contributed by atoms with E-state index in [-0.39, 0.29) is 6.17 Å². The third-order valence-corrected chi connectivity index (χ3v) is 5.66. The van der Waals surface area contributed by atoms with Gasteiger partial charge in [-0.15, -0.1) is 0 Å². The van der Waals surface area contributed by atoms with Gasteiger partial charge in [0.25, 0.3) is 0 Å². The van der Waals surface area contributed by atoms with Crippen molar-refractivity contribution >= 4 is 8.80 Å². The molecule has 104 valence electrons. The monoisotopic (exact) mass is 265 g/mol. The molecule has 0 aliphatic heterocycles. The minimum absolute atomic E-state index is 0.170. The van der Waals surface area contributed by atoms with Gasteiger partial charge >= 0.3 is 8.80 Å². The number of nitrogens with one attached hydrogen (secondary N) is 1. The first-order chi connectivity index (χ1) is 8.05. The average molecular weight is 265 g/mol. The van der Waals surface area contributed by atoms with Gasteiger partial charge < -0.3 is 18.6 Å². The van der Waals surface area contributed by atoms with Crippen LogP contribution in [0.15, 0.2) is 0 Å². The van der Waals surface area contributed by atoms with E-state index in [9.17, 15) is 0 Å². The van der Waals surface area contributed by atoms with Gasteiger partial charge in [0.15, 0.2) is 0 Å². The Balaban J connectivity index is 3.95. The highest BCUT2D eigenvalue weighted by Crippen LogP contribution is 2.15. The maximum Gasteiger partial charge on any atom is 0.500 e. The molecule has 6 nitrogen and oxygen atoms in total. The Morgan fingerprint density at radius 2 is 1.76 bits per heavy atom. The quantitative estimate of drug-likeness (QED) is 0.258. The van der Waals surface area contributed by atoms with Crippen molar-refractivity contribution in [2.24, 2.45) is 5.84 Å². The van der Waals surface area contributed by atoms with Crippen LogP contribution in [0, 0.1) is 0 Å². The minimum Gasteiger partial charge on any atom is -0.377 e. The second-order valence-corrected chi connectivity index (χ2v) is 6.96. The summed E-state index contributed by atoms with van der Waals surface area (Å²) in [6.45, 7) is 5.78. The number of hydrazine groups is 1. The van der Waals surface area contributed by atoms with Crippen LogP contribution in [-0.4, -0.2) is 54.4 Å². The maximum absolute atomic E-state index is 5.92. The summed E-state index contributed by atoms with van der Waals surface area (Å²) in [5.74, 6) is 5.92. The van der Waals surface area contributed by atoms with E-state index >= 15 is 0 Å². The van der Waals surface area contributed by atoms with E-state index in [2.05, 4.69) is 12.2 Å². The zero-order chi connectivity index (χ0) is 13.3. The Morgan fingerprint density at radius 3 is 2.18 bits per heavy atom. The lowest BCUT2D eigenvalue weighted by atomic mass is 10.4. The summed E-state index contributed by atoms with van der Waals surface area (Å²) in [7, 11) is 2.44.